The van der Waals surface area contributed by atoms with Crippen LogP contribution >= 0.6 is 0 Å². The molecule has 3 nitrogen and oxygen atoms in total. The number of hydrogen-bond donors (Lipinski definition) is 0. The monoisotopic (exact) mass is 745 g/mol. The molecule has 2 atom stereocenters. The highest BCUT2D eigenvalue weighted by atomic mass is 16.3. The summed E-state index contributed by atoms with van der Waals surface area (Å²) in [4.78, 5) is 2.48. The van der Waals surface area contributed by atoms with Crippen molar-refractivity contribution in [1.29, 1.82) is 0 Å². The van der Waals surface area contributed by atoms with Gasteiger partial charge in [0.05, 0.1) is 6.04 Å². The van der Waals surface area contributed by atoms with Crippen molar-refractivity contribution in [2.24, 2.45) is 5.92 Å². The third-order valence-corrected chi connectivity index (χ3v) is 11.8. The lowest BCUT2D eigenvalue weighted by Crippen LogP contribution is -2.35. The number of nitrogens with zero attached hydrogens (tertiary/aromatic N) is 1. The molecular formula is C55H39NO2. The summed E-state index contributed by atoms with van der Waals surface area (Å²) in [6.45, 7) is 2.32. The Morgan fingerprint density at radius 2 is 0.845 bits per heavy atom. The van der Waals surface area contributed by atoms with E-state index in [4.69, 9.17) is 8.83 Å². The van der Waals surface area contributed by atoms with Gasteiger partial charge in [0.25, 0.3) is 0 Å². The van der Waals surface area contributed by atoms with Gasteiger partial charge in [0.1, 0.15) is 22.3 Å². The van der Waals surface area contributed by atoms with E-state index in [1.165, 1.54) is 27.8 Å². The van der Waals surface area contributed by atoms with Gasteiger partial charge < -0.3 is 13.7 Å². The highest BCUT2D eigenvalue weighted by Gasteiger charge is 2.27. The number of benzene rings is 8. The lowest BCUT2D eigenvalue weighted by molar-refractivity contribution is 0.611. The SMILES string of the molecule is CC1C=C(c2cccc3c2oc2ccccc23)C=CC1N(c1ccc(-c2ccc(-c3ccccc3)cc2)cc1)c1ccc(-c2cccc3c2oc2ccccc23)cc1. The Kier molecular flexibility index (Phi) is 8.18. The number of hydrogen-bond acceptors (Lipinski definition) is 3. The summed E-state index contributed by atoms with van der Waals surface area (Å²) in [6, 6.07) is 66.9. The van der Waals surface area contributed by atoms with E-state index in [1.54, 1.807) is 0 Å². The van der Waals surface area contributed by atoms with Crippen LogP contribution in [0.5, 0.6) is 0 Å². The molecule has 0 aliphatic heterocycles. The molecule has 0 N–H and O–H groups in total. The first kappa shape index (κ1) is 33.9. The first-order chi connectivity index (χ1) is 28.7. The number of anilines is 2. The van der Waals surface area contributed by atoms with Crippen molar-refractivity contribution >= 4 is 60.8 Å². The number of furan rings is 2. The van der Waals surface area contributed by atoms with Crippen molar-refractivity contribution in [2.45, 2.75) is 13.0 Å². The highest BCUT2D eigenvalue weighted by Crippen LogP contribution is 2.41. The van der Waals surface area contributed by atoms with Crippen LogP contribution in [0.1, 0.15) is 12.5 Å². The molecule has 58 heavy (non-hydrogen) atoms. The lowest BCUT2D eigenvalue weighted by atomic mass is 9.87. The number of rotatable bonds is 7. The van der Waals surface area contributed by atoms with Gasteiger partial charge in [-0.1, -0.05) is 177 Å². The van der Waals surface area contributed by atoms with E-state index in [0.717, 1.165) is 71.9 Å². The topological polar surface area (TPSA) is 29.5 Å². The van der Waals surface area contributed by atoms with Gasteiger partial charge >= 0.3 is 0 Å². The molecule has 0 amide bonds. The minimum atomic E-state index is 0.0688. The van der Waals surface area contributed by atoms with Gasteiger partial charge in [-0.15, -0.1) is 0 Å². The van der Waals surface area contributed by atoms with Gasteiger partial charge in [-0.25, -0.2) is 0 Å². The molecule has 3 heteroatoms. The average Bonchev–Trinajstić information content (AvgIpc) is 3.87. The van der Waals surface area contributed by atoms with Gasteiger partial charge in [-0.3, -0.25) is 0 Å². The van der Waals surface area contributed by atoms with E-state index in [2.05, 4.69) is 194 Å². The van der Waals surface area contributed by atoms with E-state index >= 15 is 0 Å². The maximum atomic E-state index is 6.46. The van der Waals surface area contributed by atoms with Crippen LogP contribution in [0.2, 0.25) is 0 Å². The molecule has 0 saturated heterocycles. The molecule has 1 aliphatic carbocycles. The fourth-order valence-corrected chi connectivity index (χ4v) is 8.86. The van der Waals surface area contributed by atoms with Crippen LogP contribution < -0.4 is 4.90 Å². The standard InChI is InChI=1S/C55H39NO2/c1-36-35-42(46-16-10-18-50-48-14-6-8-20-53(48)58-55(46)50)29-34-51(36)56(43-30-25-40(26-31-43)39-23-21-38(22-24-39)37-11-3-2-4-12-37)44-32-27-41(28-33-44)45-15-9-17-49-47-13-5-7-19-52(47)57-54(45)49/h2-36,51H,1H3. The Morgan fingerprint density at radius 1 is 0.397 bits per heavy atom. The maximum absolute atomic E-state index is 6.46. The fraction of sp³-hybridized carbons (Fsp3) is 0.0545. The molecule has 10 aromatic rings. The van der Waals surface area contributed by atoms with E-state index in [0.29, 0.717) is 0 Å². The second kappa shape index (κ2) is 14.0. The van der Waals surface area contributed by atoms with E-state index in [-0.39, 0.29) is 12.0 Å². The minimum Gasteiger partial charge on any atom is -0.455 e. The van der Waals surface area contributed by atoms with E-state index in [1.807, 2.05) is 24.3 Å². The van der Waals surface area contributed by atoms with Gasteiger partial charge in [0.2, 0.25) is 0 Å². The molecule has 2 heterocycles. The zero-order valence-electron chi connectivity index (χ0n) is 32.0. The number of allylic oxidation sites excluding steroid dienone is 2. The second-order valence-corrected chi connectivity index (χ2v) is 15.3. The Balaban J connectivity index is 0.959. The van der Waals surface area contributed by atoms with Gasteiger partial charge in [0.15, 0.2) is 0 Å². The van der Waals surface area contributed by atoms with Gasteiger partial charge in [0, 0.05) is 44.0 Å². The normalized spacial score (nSPS) is 15.4. The zero-order chi connectivity index (χ0) is 38.6. The lowest BCUT2D eigenvalue weighted by Gasteiger charge is -2.37. The van der Waals surface area contributed by atoms with Crippen LogP contribution in [0.3, 0.4) is 0 Å². The molecule has 0 saturated carbocycles. The summed E-state index contributed by atoms with van der Waals surface area (Å²) >= 11 is 0. The summed E-state index contributed by atoms with van der Waals surface area (Å²) < 4.78 is 12.9. The van der Waals surface area contributed by atoms with E-state index in [9.17, 15) is 0 Å². The summed E-state index contributed by atoms with van der Waals surface area (Å²) in [5.74, 6) is 0.189. The molecule has 11 rings (SSSR count). The zero-order valence-corrected chi connectivity index (χ0v) is 32.0. The average molecular weight is 746 g/mol. The van der Waals surface area contributed by atoms with Crippen molar-refractivity contribution in [3.8, 4) is 33.4 Å². The van der Waals surface area contributed by atoms with Crippen LogP contribution in [0.15, 0.2) is 215 Å². The number of para-hydroxylation sites is 4. The molecule has 1 aliphatic rings. The van der Waals surface area contributed by atoms with Crippen LogP contribution in [0.25, 0.3) is 82.8 Å². The predicted molar refractivity (Wildman–Crippen MR) is 242 cm³/mol. The van der Waals surface area contributed by atoms with Gasteiger partial charge in [-0.2, -0.15) is 0 Å². The van der Waals surface area contributed by atoms with Crippen molar-refractivity contribution in [1.82, 2.24) is 0 Å². The Labute approximate surface area is 337 Å². The van der Waals surface area contributed by atoms with E-state index < -0.39 is 0 Å². The first-order valence-corrected chi connectivity index (χ1v) is 20.0. The molecule has 0 fully saturated rings. The molecule has 2 unspecified atom stereocenters. The molecule has 8 aromatic carbocycles. The molecule has 0 bridgehead atoms. The van der Waals surface area contributed by atoms with Crippen molar-refractivity contribution < 1.29 is 8.83 Å². The molecule has 0 spiro atoms. The Bertz CT molecular complexity index is 3170. The fourth-order valence-electron chi connectivity index (χ4n) is 8.86. The van der Waals surface area contributed by atoms with Crippen LogP contribution in [0, 0.1) is 5.92 Å². The second-order valence-electron chi connectivity index (χ2n) is 15.3. The van der Waals surface area contributed by atoms with Crippen molar-refractivity contribution in [3.63, 3.8) is 0 Å². The van der Waals surface area contributed by atoms with Gasteiger partial charge in [-0.05, 0) is 75.7 Å². The molecular weight excluding hydrogens is 707 g/mol. The van der Waals surface area contributed by atoms with Crippen LogP contribution in [-0.4, -0.2) is 6.04 Å². The third kappa shape index (κ3) is 5.83. The first-order valence-electron chi connectivity index (χ1n) is 20.0. The highest BCUT2D eigenvalue weighted by molar-refractivity contribution is 6.10. The summed E-state index contributed by atoms with van der Waals surface area (Å²) in [5, 5.41) is 4.56. The van der Waals surface area contributed by atoms with Crippen molar-refractivity contribution in [2.75, 3.05) is 4.90 Å². The predicted octanol–water partition coefficient (Wildman–Crippen LogP) is 15.3. The third-order valence-electron chi connectivity index (χ3n) is 11.8. The molecule has 0 radical (unpaired) electrons. The van der Waals surface area contributed by atoms with Crippen molar-refractivity contribution in [3.05, 3.63) is 212 Å². The van der Waals surface area contributed by atoms with Crippen LogP contribution in [0.4, 0.5) is 11.4 Å². The summed E-state index contributed by atoms with van der Waals surface area (Å²) in [5.41, 5.74) is 15.3. The molecule has 2 aromatic heterocycles. The minimum absolute atomic E-state index is 0.0688. The Hall–Kier alpha value is -7.36. The number of fused-ring (bicyclic) bond motifs is 6. The smallest absolute Gasteiger partial charge is 0.143 e. The largest absolute Gasteiger partial charge is 0.455 e. The quantitative estimate of drug-likeness (QED) is 0.163. The summed E-state index contributed by atoms with van der Waals surface area (Å²) in [6.07, 6.45) is 7.04. The van der Waals surface area contributed by atoms with Crippen LogP contribution in [-0.2, 0) is 0 Å². The molecule has 276 valence electrons. The summed E-state index contributed by atoms with van der Waals surface area (Å²) in [7, 11) is 0. The Morgan fingerprint density at radius 3 is 1.41 bits per heavy atom. The maximum Gasteiger partial charge on any atom is 0.143 e.